The monoisotopic (exact) mass is 1020 g/mol. The van der Waals surface area contributed by atoms with Crippen LogP contribution in [-0.4, -0.2) is 37.2 Å². The van der Waals surface area contributed by atoms with E-state index in [1.807, 2.05) is 0 Å². The Morgan fingerprint density at radius 1 is 0.260 bits per heavy atom. The molecule has 6 nitrogen and oxygen atoms in total. The van der Waals surface area contributed by atoms with Crippen LogP contribution in [0.5, 0.6) is 0 Å². The highest BCUT2D eigenvalue weighted by Crippen LogP contribution is 2.17. The van der Waals surface area contributed by atoms with Crippen molar-refractivity contribution < 1.29 is 28.6 Å². The number of carbonyl (C=O) groups excluding carboxylic acids is 3. The molecule has 0 aromatic carbocycles. The second kappa shape index (κ2) is 62.2. The molecule has 0 aromatic heterocycles. The zero-order chi connectivity index (χ0) is 52.9. The fourth-order valence-electron chi connectivity index (χ4n) is 9.67. The van der Waals surface area contributed by atoms with Gasteiger partial charge < -0.3 is 14.2 Å². The molecule has 73 heavy (non-hydrogen) atoms. The van der Waals surface area contributed by atoms with Gasteiger partial charge >= 0.3 is 17.9 Å². The molecule has 6 heteroatoms. The molecule has 1 atom stereocenters. The molecule has 1 unspecified atom stereocenters. The average Bonchev–Trinajstić information content (AvgIpc) is 3.39. The van der Waals surface area contributed by atoms with Gasteiger partial charge in [0.15, 0.2) is 6.10 Å². The van der Waals surface area contributed by atoms with Gasteiger partial charge in [0.1, 0.15) is 13.2 Å². The Bertz CT molecular complexity index is 1220. The largest absolute Gasteiger partial charge is 0.462 e. The van der Waals surface area contributed by atoms with Crippen molar-refractivity contribution in [3.63, 3.8) is 0 Å². The van der Waals surface area contributed by atoms with Crippen LogP contribution in [0.25, 0.3) is 0 Å². The van der Waals surface area contributed by atoms with E-state index in [9.17, 15) is 14.4 Å². The first-order valence-electron chi connectivity index (χ1n) is 32.5. The summed E-state index contributed by atoms with van der Waals surface area (Å²) in [6, 6.07) is 0. The summed E-state index contributed by atoms with van der Waals surface area (Å²) in [6.45, 7) is 6.68. The first kappa shape index (κ1) is 70.6. The van der Waals surface area contributed by atoms with Gasteiger partial charge in [0, 0.05) is 19.3 Å². The van der Waals surface area contributed by atoms with Crippen LogP contribution in [0.4, 0.5) is 0 Å². The minimum absolute atomic E-state index is 0.0747. The topological polar surface area (TPSA) is 78.9 Å². The number of hydrogen-bond donors (Lipinski definition) is 0. The van der Waals surface area contributed by atoms with Crippen LogP contribution in [0.2, 0.25) is 0 Å². The Balaban J connectivity index is 4.35. The van der Waals surface area contributed by atoms with Gasteiger partial charge in [0.05, 0.1) is 0 Å². The van der Waals surface area contributed by atoms with Crippen molar-refractivity contribution in [2.24, 2.45) is 0 Å². The molecule has 0 bridgehead atoms. The number of allylic oxidation sites excluding steroid dienone is 6. The van der Waals surface area contributed by atoms with Crippen LogP contribution >= 0.6 is 0 Å². The van der Waals surface area contributed by atoms with Crippen molar-refractivity contribution in [2.45, 2.75) is 361 Å². The van der Waals surface area contributed by atoms with Crippen LogP contribution in [-0.2, 0) is 28.6 Å². The van der Waals surface area contributed by atoms with Gasteiger partial charge in [-0.2, -0.15) is 0 Å². The van der Waals surface area contributed by atoms with E-state index in [-0.39, 0.29) is 31.1 Å². The minimum atomic E-state index is -0.778. The van der Waals surface area contributed by atoms with E-state index in [1.165, 1.54) is 257 Å². The van der Waals surface area contributed by atoms with Crippen molar-refractivity contribution in [2.75, 3.05) is 13.2 Å². The zero-order valence-electron chi connectivity index (χ0n) is 49.2. The lowest BCUT2D eigenvalue weighted by atomic mass is 10.1. The Morgan fingerprint density at radius 2 is 0.452 bits per heavy atom. The third kappa shape index (κ3) is 60.4. The SMILES string of the molecule is CCCCCCCC/C=C\CCCCCCCCCC(=O)OCC(COC(=O)CCCCCCCCC/C=C\CCCCCCCCCC)OC(=O)CCCCCCCCC/C=C\CCCCCCCCCC. The molecule has 0 heterocycles. The van der Waals surface area contributed by atoms with Crippen LogP contribution in [0, 0.1) is 0 Å². The van der Waals surface area contributed by atoms with Crippen molar-refractivity contribution in [3.8, 4) is 0 Å². The lowest BCUT2D eigenvalue weighted by Gasteiger charge is -2.18. The summed E-state index contributed by atoms with van der Waals surface area (Å²) in [5.74, 6) is -0.865. The molecule has 0 aliphatic heterocycles. The summed E-state index contributed by atoms with van der Waals surface area (Å²) in [6.07, 6.45) is 75.7. The van der Waals surface area contributed by atoms with E-state index >= 15 is 0 Å². The van der Waals surface area contributed by atoms with Gasteiger partial charge in [-0.15, -0.1) is 0 Å². The summed E-state index contributed by atoms with van der Waals surface area (Å²) in [7, 11) is 0. The van der Waals surface area contributed by atoms with Crippen molar-refractivity contribution in [1.82, 2.24) is 0 Å². The molecule has 0 fully saturated rings. The molecule has 0 aromatic rings. The van der Waals surface area contributed by atoms with E-state index < -0.39 is 6.10 Å². The molecule has 0 aliphatic rings. The molecule has 0 radical (unpaired) electrons. The van der Waals surface area contributed by atoms with Crippen LogP contribution in [0.3, 0.4) is 0 Å². The van der Waals surface area contributed by atoms with Crippen LogP contribution in [0.15, 0.2) is 36.5 Å². The number of ether oxygens (including phenoxy) is 3. The first-order chi connectivity index (χ1) is 36.0. The van der Waals surface area contributed by atoms with Crippen LogP contribution < -0.4 is 0 Å². The molecular formula is C67H124O6. The minimum Gasteiger partial charge on any atom is -0.462 e. The molecule has 0 aliphatic carbocycles. The summed E-state index contributed by atoms with van der Waals surface area (Å²) in [4.78, 5) is 38.3. The highest BCUT2D eigenvalue weighted by atomic mass is 16.6. The van der Waals surface area contributed by atoms with E-state index in [0.29, 0.717) is 19.3 Å². The Morgan fingerprint density at radius 3 is 0.685 bits per heavy atom. The Kier molecular flexibility index (Phi) is 60.2. The smallest absolute Gasteiger partial charge is 0.306 e. The molecule has 428 valence electrons. The summed E-state index contributed by atoms with van der Waals surface area (Å²) in [5.41, 5.74) is 0. The molecule has 0 saturated heterocycles. The highest BCUT2D eigenvalue weighted by Gasteiger charge is 2.19. The maximum absolute atomic E-state index is 12.9. The quantitative estimate of drug-likeness (QED) is 0.0261. The van der Waals surface area contributed by atoms with Gasteiger partial charge in [-0.1, -0.05) is 276 Å². The third-order valence-corrected chi connectivity index (χ3v) is 14.6. The predicted molar refractivity (Wildman–Crippen MR) is 316 cm³/mol. The number of unbranched alkanes of at least 4 members (excludes halogenated alkanes) is 43. The molecule has 0 rings (SSSR count). The lowest BCUT2D eigenvalue weighted by molar-refractivity contribution is -0.167. The van der Waals surface area contributed by atoms with E-state index in [4.69, 9.17) is 14.2 Å². The van der Waals surface area contributed by atoms with Crippen molar-refractivity contribution in [3.05, 3.63) is 36.5 Å². The normalized spacial score (nSPS) is 12.2. The molecular weight excluding hydrogens is 901 g/mol. The second-order valence-electron chi connectivity index (χ2n) is 22.0. The van der Waals surface area contributed by atoms with Gasteiger partial charge in [0.2, 0.25) is 0 Å². The molecule has 0 saturated carbocycles. The van der Waals surface area contributed by atoms with Crippen LogP contribution in [0.1, 0.15) is 355 Å². The van der Waals surface area contributed by atoms with E-state index in [2.05, 4.69) is 57.2 Å². The summed E-state index contributed by atoms with van der Waals surface area (Å²) in [5, 5.41) is 0. The summed E-state index contributed by atoms with van der Waals surface area (Å²) >= 11 is 0. The highest BCUT2D eigenvalue weighted by molar-refractivity contribution is 5.71. The number of esters is 3. The lowest BCUT2D eigenvalue weighted by Crippen LogP contribution is -2.30. The molecule has 0 spiro atoms. The predicted octanol–water partition coefficient (Wildman–Crippen LogP) is 22.0. The zero-order valence-corrected chi connectivity index (χ0v) is 49.2. The standard InChI is InChI=1S/C67H124O6/c1-4-7-10-13-16-19-22-25-28-31-33-36-39-42-45-48-51-54-57-60-66(69)72-63-64(62-71-65(68)59-56-53-50-47-44-41-38-35-30-27-24-21-18-15-12-9-6-3)73-67(70)61-58-55-52-49-46-43-40-37-34-32-29-26-23-20-17-14-11-8-5-2/h27,30-34,64H,4-26,28-29,35-63H2,1-3H3/b30-27-,33-31-,34-32-. The third-order valence-electron chi connectivity index (χ3n) is 14.6. The number of rotatable bonds is 60. The van der Waals surface area contributed by atoms with E-state index in [0.717, 1.165) is 57.8 Å². The average molecular weight is 1030 g/mol. The van der Waals surface area contributed by atoms with Gasteiger partial charge in [-0.3, -0.25) is 14.4 Å². The maximum atomic E-state index is 12.9. The van der Waals surface area contributed by atoms with Crippen molar-refractivity contribution >= 4 is 17.9 Å². The fraction of sp³-hybridized carbons (Fsp3) is 0.866. The maximum Gasteiger partial charge on any atom is 0.306 e. The number of hydrogen-bond acceptors (Lipinski definition) is 6. The van der Waals surface area contributed by atoms with Crippen molar-refractivity contribution in [1.29, 1.82) is 0 Å². The van der Waals surface area contributed by atoms with Gasteiger partial charge in [0.25, 0.3) is 0 Å². The summed E-state index contributed by atoms with van der Waals surface area (Å²) < 4.78 is 17.0. The molecule has 0 N–H and O–H groups in total. The van der Waals surface area contributed by atoms with Gasteiger partial charge in [-0.25, -0.2) is 0 Å². The van der Waals surface area contributed by atoms with Gasteiger partial charge in [-0.05, 0) is 96.3 Å². The Labute approximate surface area is 455 Å². The van der Waals surface area contributed by atoms with E-state index in [1.54, 1.807) is 0 Å². The first-order valence-corrected chi connectivity index (χ1v) is 32.5. The second-order valence-corrected chi connectivity index (χ2v) is 22.0. The number of carbonyl (C=O) groups is 3. The fourth-order valence-corrected chi connectivity index (χ4v) is 9.67. The molecule has 0 amide bonds. The Hall–Kier alpha value is -2.37.